The smallest absolute Gasteiger partial charge is 0.311 e. The van der Waals surface area contributed by atoms with Crippen molar-refractivity contribution in [3.05, 3.63) is 33.9 Å². The zero-order chi connectivity index (χ0) is 13.8. The average molecular weight is 281 g/mol. The number of hydrogen-bond acceptors (Lipinski definition) is 5. The van der Waals surface area contributed by atoms with Crippen molar-refractivity contribution >= 4 is 23.2 Å². The number of nitro benzene ring substituents is 1. The Bertz CT molecular complexity index is 497. The van der Waals surface area contributed by atoms with Crippen molar-refractivity contribution in [2.45, 2.75) is 24.5 Å². The maximum atomic E-state index is 12.4. The molecule has 1 atom stereocenters. The second-order valence-corrected chi connectivity index (χ2v) is 5.65. The molecule has 0 bridgehead atoms. The minimum Gasteiger partial charge on any atom is -0.490 e. The van der Waals surface area contributed by atoms with Crippen LogP contribution in [0.15, 0.2) is 18.2 Å². The predicted octanol–water partition coefficient (Wildman–Crippen LogP) is 3.07. The zero-order valence-corrected chi connectivity index (χ0v) is 11.4. The summed E-state index contributed by atoms with van der Waals surface area (Å²) >= 11 is 1.62. The van der Waals surface area contributed by atoms with Crippen LogP contribution in [-0.2, 0) is 0 Å². The second-order valence-electron chi connectivity index (χ2n) is 4.33. The van der Waals surface area contributed by atoms with E-state index in [1.165, 1.54) is 19.2 Å². The molecule has 6 heteroatoms. The average Bonchev–Trinajstić information content (AvgIpc) is 2.46. The van der Waals surface area contributed by atoms with E-state index < -0.39 is 4.92 Å². The molecule has 1 saturated heterocycles. The Morgan fingerprint density at radius 1 is 1.47 bits per heavy atom. The summed E-state index contributed by atoms with van der Waals surface area (Å²) < 4.78 is 5.08. The highest BCUT2D eigenvalue weighted by Gasteiger charge is 2.28. The number of methoxy groups -OCH3 is 1. The number of ether oxygens (including phenoxy) is 1. The highest BCUT2D eigenvalue weighted by molar-refractivity contribution is 8.00. The number of Topliss-reactive ketones (excluding diaryl/α,β-unsaturated/α-hetero) is 1. The molecule has 0 amide bonds. The van der Waals surface area contributed by atoms with Crippen LogP contribution in [0.25, 0.3) is 0 Å². The number of carbonyl (C=O) groups is 1. The minimum atomic E-state index is -0.524. The molecular formula is C13H15NO4S. The van der Waals surface area contributed by atoms with Gasteiger partial charge in [0.05, 0.1) is 22.8 Å². The SMILES string of the molecule is COc1c(C(=O)C2CCCCS2)cccc1[N+](=O)[O-]. The van der Waals surface area contributed by atoms with Crippen LogP contribution < -0.4 is 4.74 Å². The second kappa shape index (κ2) is 6.06. The standard InChI is InChI=1S/C13H15NO4S/c1-18-13-9(5-4-6-10(13)14(16)17)12(15)11-7-2-3-8-19-11/h4-6,11H,2-3,7-8H2,1H3. The van der Waals surface area contributed by atoms with Gasteiger partial charge in [0.2, 0.25) is 5.75 Å². The summed E-state index contributed by atoms with van der Waals surface area (Å²) in [6.45, 7) is 0. The van der Waals surface area contributed by atoms with Gasteiger partial charge in [-0.1, -0.05) is 12.5 Å². The highest BCUT2D eigenvalue weighted by atomic mass is 32.2. The Morgan fingerprint density at radius 2 is 2.26 bits per heavy atom. The van der Waals surface area contributed by atoms with Gasteiger partial charge in [-0.2, -0.15) is 11.8 Å². The molecule has 1 aromatic rings. The predicted molar refractivity (Wildman–Crippen MR) is 74.1 cm³/mol. The van der Waals surface area contributed by atoms with Crippen LogP contribution in [0.3, 0.4) is 0 Å². The topological polar surface area (TPSA) is 69.4 Å². The van der Waals surface area contributed by atoms with Crippen LogP contribution in [0.1, 0.15) is 29.6 Å². The van der Waals surface area contributed by atoms with Gasteiger partial charge in [-0.15, -0.1) is 0 Å². The molecule has 102 valence electrons. The number of carbonyl (C=O) groups excluding carboxylic acids is 1. The fraction of sp³-hybridized carbons (Fsp3) is 0.462. The van der Waals surface area contributed by atoms with Crippen molar-refractivity contribution < 1.29 is 14.5 Å². The van der Waals surface area contributed by atoms with E-state index in [1.54, 1.807) is 17.8 Å². The Labute approximate surface area is 115 Å². The van der Waals surface area contributed by atoms with Crippen LogP contribution in [-0.4, -0.2) is 28.8 Å². The molecular weight excluding hydrogens is 266 g/mol. The number of benzene rings is 1. The van der Waals surface area contributed by atoms with Crippen molar-refractivity contribution in [1.82, 2.24) is 0 Å². The molecule has 0 saturated carbocycles. The minimum absolute atomic E-state index is 0.0646. The fourth-order valence-corrected chi connectivity index (χ4v) is 3.47. The molecule has 1 aliphatic heterocycles. The number of hydrogen-bond donors (Lipinski definition) is 0. The summed E-state index contributed by atoms with van der Waals surface area (Å²) in [6.07, 6.45) is 2.98. The third kappa shape index (κ3) is 2.89. The lowest BCUT2D eigenvalue weighted by atomic mass is 10.0. The lowest BCUT2D eigenvalue weighted by molar-refractivity contribution is -0.385. The van der Waals surface area contributed by atoms with Crippen LogP contribution in [0.4, 0.5) is 5.69 Å². The van der Waals surface area contributed by atoms with Gasteiger partial charge in [0, 0.05) is 6.07 Å². The van der Waals surface area contributed by atoms with Crippen molar-refractivity contribution in [2.24, 2.45) is 0 Å². The maximum Gasteiger partial charge on any atom is 0.311 e. The van der Waals surface area contributed by atoms with Crippen LogP contribution in [0.5, 0.6) is 5.75 Å². The largest absolute Gasteiger partial charge is 0.490 e. The van der Waals surface area contributed by atoms with Crippen LogP contribution in [0, 0.1) is 10.1 Å². The number of rotatable bonds is 4. The molecule has 0 N–H and O–H groups in total. The van der Waals surface area contributed by atoms with Gasteiger partial charge in [0.15, 0.2) is 5.78 Å². The molecule has 1 unspecified atom stereocenters. The Balaban J connectivity index is 2.35. The van der Waals surface area contributed by atoms with E-state index in [0.717, 1.165) is 25.0 Å². The molecule has 1 fully saturated rings. The van der Waals surface area contributed by atoms with E-state index in [4.69, 9.17) is 4.74 Å². The first-order valence-electron chi connectivity index (χ1n) is 6.12. The number of ketones is 1. The number of nitro groups is 1. The molecule has 19 heavy (non-hydrogen) atoms. The lowest BCUT2D eigenvalue weighted by Crippen LogP contribution is -2.21. The molecule has 0 radical (unpaired) electrons. The molecule has 1 heterocycles. The normalized spacial score (nSPS) is 18.9. The van der Waals surface area contributed by atoms with Gasteiger partial charge < -0.3 is 4.74 Å². The van der Waals surface area contributed by atoms with Crippen LogP contribution in [0.2, 0.25) is 0 Å². The Kier molecular flexibility index (Phi) is 4.42. The summed E-state index contributed by atoms with van der Waals surface area (Å²) in [7, 11) is 1.35. The third-order valence-electron chi connectivity index (χ3n) is 3.13. The summed E-state index contributed by atoms with van der Waals surface area (Å²) in [5, 5.41) is 10.8. The lowest BCUT2D eigenvalue weighted by Gasteiger charge is -2.20. The van der Waals surface area contributed by atoms with Crippen molar-refractivity contribution in [3.63, 3.8) is 0 Å². The van der Waals surface area contributed by atoms with Crippen molar-refractivity contribution in [1.29, 1.82) is 0 Å². The number of thioether (sulfide) groups is 1. The number of para-hydroxylation sites is 1. The van der Waals surface area contributed by atoms with Gasteiger partial charge in [-0.3, -0.25) is 14.9 Å². The van der Waals surface area contributed by atoms with Gasteiger partial charge in [-0.25, -0.2) is 0 Å². The number of nitrogens with zero attached hydrogens (tertiary/aromatic N) is 1. The summed E-state index contributed by atoms with van der Waals surface area (Å²) in [6, 6.07) is 4.48. The van der Waals surface area contributed by atoms with Gasteiger partial charge >= 0.3 is 5.69 Å². The molecule has 0 spiro atoms. The molecule has 2 rings (SSSR count). The fourth-order valence-electron chi connectivity index (χ4n) is 2.20. The molecule has 0 aromatic heterocycles. The van der Waals surface area contributed by atoms with E-state index in [1.807, 2.05) is 0 Å². The van der Waals surface area contributed by atoms with E-state index in [9.17, 15) is 14.9 Å². The maximum absolute atomic E-state index is 12.4. The third-order valence-corrected chi connectivity index (χ3v) is 4.51. The molecule has 0 aliphatic carbocycles. The first-order chi connectivity index (χ1) is 9.15. The first-order valence-corrected chi connectivity index (χ1v) is 7.17. The monoisotopic (exact) mass is 281 g/mol. The van der Waals surface area contributed by atoms with Crippen molar-refractivity contribution in [2.75, 3.05) is 12.9 Å². The quantitative estimate of drug-likeness (QED) is 0.482. The zero-order valence-electron chi connectivity index (χ0n) is 10.6. The van der Waals surface area contributed by atoms with Gasteiger partial charge in [0.1, 0.15) is 0 Å². The van der Waals surface area contributed by atoms with E-state index >= 15 is 0 Å². The highest BCUT2D eigenvalue weighted by Crippen LogP contribution is 2.35. The summed E-state index contributed by atoms with van der Waals surface area (Å²) in [5.41, 5.74) is 0.158. The van der Waals surface area contributed by atoms with Crippen LogP contribution >= 0.6 is 11.8 Å². The van der Waals surface area contributed by atoms with Crippen molar-refractivity contribution in [3.8, 4) is 5.75 Å². The molecule has 1 aliphatic rings. The molecule has 1 aromatic carbocycles. The summed E-state index contributed by atoms with van der Waals surface area (Å²) in [4.78, 5) is 22.8. The van der Waals surface area contributed by atoms with Gasteiger partial charge in [0.25, 0.3) is 0 Å². The first kappa shape index (κ1) is 13.9. The van der Waals surface area contributed by atoms with Gasteiger partial charge in [-0.05, 0) is 24.7 Å². The van der Waals surface area contributed by atoms with E-state index in [0.29, 0.717) is 5.56 Å². The Hall–Kier alpha value is -1.56. The van der Waals surface area contributed by atoms with E-state index in [-0.39, 0.29) is 22.5 Å². The molecule has 5 nitrogen and oxygen atoms in total. The van der Waals surface area contributed by atoms with E-state index in [2.05, 4.69) is 0 Å². The Morgan fingerprint density at radius 3 is 2.84 bits per heavy atom. The summed E-state index contributed by atoms with van der Waals surface area (Å²) in [5.74, 6) is 0.974.